The molecule has 0 radical (unpaired) electrons. The normalized spacial score (nSPS) is 26.5. The van der Waals surface area contributed by atoms with E-state index in [1.54, 1.807) is 37.3 Å². The lowest BCUT2D eigenvalue weighted by molar-refractivity contribution is -0.135. The highest BCUT2D eigenvalue weighted by Crippen LogP contribution is 2.34. The van der Waals surface area contributed by atoms with Gasteiger partial charge in [0, 0.05) is 29.9 Å². The van der Waals surface area contributed by atoms with Crippen molar-refractivity contribution in [2.24, 2.45) is 5.92 Å². The number of nitrogens with zero attached hydrogens (tertiary/aromatic N) is 2. The van der Waals surface area contributed by atoms with Gasteiger partial charge in [-0.3, -0.25) is 9.00 Å². The van der Waals surface area contributed by atoms with E-state index in [4.69, 9.17) is 14.2 Å². The first-order chi connectivity index (χ1) is 13.5. The van der Waals surface area contributed by atoms with Crippen LogP contribution in [0, 0.1) is 5.92 Å². The number of fused-ring (bicyclic) bond motifs is 2. The van der Waals surface area contributed by atoms with Crippen LogP contribution in [0.3, 0.4) is 0 Å². The number of piperidine rings is 1. The van der Waals surface area contributed by atoms with E-state index in [1.165, 1.54) is 4.31 Å². The summed E-state index contributed by atoms with van der Waals surface area (Å²) in [5.74, 6) is 1.75. The number of hydrogen-bond donors (Lipinski definition) is 0. The molecule has 2 fully saturated rings. The molecule has 2 bridgehead atoms. The maximum Gasteiger partial charge on any atom is 0.241 e. The fraction of sp³-hybridized carbons (Fsp3) is 0.632. The van der Waals surface area contributed by atoms with Crippen molar-refractivity contribution in [2.45, 2.75) is 38.3 Å². The highest BCUT2D eigenvalue weighted by atomic mass is 32.2. The third-order valence-corrected chi connectivity index (χ3v) is 6.40. The molecule has 9 heteroatoms. The number of methoxy groups -OCH3 is 2. The summed E-state index contributed by atoms with van der Waals surface area (Å²) in [6.07, 6.45) is 2.24. The second kappa shape index (κ2) is 9.11. The molecule has 2 saturated heterocycles. The predicted octanol–water partition coefficient (Wildman–Crippen LogP) is 1.58. The molecule has 8 nitrogen and oxygen atoms in total. The molecule has 1 aromatic carbocycles. The zero-order valence-corrected chi connectivity index (χ0v) is 17.3. The first kappa shape index (κ1) is 20.9. The average Bonchev–Trinajstić information content (AvgIpc) is 2.76. The lowest BCUT2D eigenvalue weighted by Crippen LogP contribution is -2.52. The van der Waals surface area contributed by atoms with Crippen molar-refractivity contribution in [3.05, 3.63) is 18.2 Å². The van der Waals surface area contributed by atoms with Gasteiger partial charge < -0.3 is 23.7 Å². The van der Waals surface area contributed by atoms with Gasteiger partial charge in [0.2, 0.25) is 5.91 Å². The minimum Gasteiger partial charge on any atom is -0.760 e. The highest BCUT2D eigenvalue weighted by Gasteiger charge is 2.43. The maximum atomic E-state index is 13.0. The van der Waals surface area contributed by atoms with Gasteiger partial charge in [0.25, 0.3) is 0 Å². The summed E-state index contributed by atoms with van der Waals surface area (Å²) in [5.41, 5.74) is 0. The number of amides is 1. The summed E-state index contributed by atoms with van der Waals surface area (Å²) in [4.78, 5) is 14.7. The topological polar surface area (TPSA) is 91.4 Å². The van der Waals surface area contributed by atoms with Crippen LogP contribution in [0.2, 0.25) is 0 Å². The molecule has 3 rings (SSSR count). The molecular weight excluding hydrogens is 384 g/mol. The second-order valence-corrected chi connectivity index (χ2v) is 8.07. The van der Waals surface area contributed by atoms with Crippen molar-refractivity contribution in [1.29, 1.82) is 0 Å². The quantitative estimate of drug-likeness (QED) is 0.633. The van der Waals surface area contributed by atoms with E-state index in [0.717, 1.165) is 12.8 Å². The molecular formula is C19H27N2O6S-. The second-order valence-electron chi connectivity index (χ2n) is 7.22. The summed E-state index contributed by atoms with van der Waals surface area (Å²) >= 11 is -2.39. The zero-order chi connectivity index (χ0) is 20.3. The van der Waals surface area contributed by atoms with E-state index in [2.05, 4.69) is 0 Å². The van der Waals surface area contributed by atoms with E-state index in [-0.39, 0.29) is 17.9 Å². The van der Waals surface area contributed by atoms with E-state index in [0.29, 0.717) is 43.4 Å². The fourth-order valence-corrected chi connectivity index (χ4v) is 5.08. The van der Waals surface area contributed by atoms with Gasteiger partial charge in [-0.05, 0) is 37.3 Å². The van der Waals surface area contributed by atoms with Crippen molar-refractivity contribution in [1.82, 2.24) is 9.21 Å². The van der Waals surface area contributed by atoms with Gasteiger partial charge in [-0.1, -0.05) is 6.92 Å². The van der Waals surface area contributed by atoms with Gasteiger partial charge >= 0.3 is 0 Å². The Hall–Kier alpha value is -1.84. The number of carbonyl (C=O) groups excluding carboxylic acids is 1. The molecule has 28 heavy (non-hydrogen) atoms. The fourth-order valence-electron chi connectivity index (χ4n) is 4.14. The van der Waals surface area contributed by atoms with E-state index in [1.807, 2.05) is 6.92 Å². The molecule has 2 aliphatic rings. The van der Waals surface area contributed by atoms with Crippen LogP contribution in [0.25, 0.3) is 0 Å². The summed E-state index contributed by atoms with van der Waals surface area (Å²) < 4.78 is 41.1. The van der Waals surface area contributed by atoms with Gasteiger partial charge in [-0.2, -0.15) is 0 Å². The van der Waals surface area contributed by atoms with E-state index >= 15 is 0 Å². The number of rotatable bonds is 7. The minimum atomic E-state index is -2.39. The molecule has 4 unspecified atom stereocenters. The van der Waals surface area contributed by atoms with Gasteiger partial charge in [-0.25, -0.2) is 4.31 Å². The molecule has 2 heterocycles. The lowest BCUT2D eigenvalue weighted by Gasteiger charge is -2.41. The number of hydrogen-bond acceptors (Lipinski definition) is 6. The predicted molar refractivity (Wildman–Crippen MR) is 103 cm³/mol. The Labute approximate surface area is 168 Å². The Morgan fingerprint density at radius 2 is 1.96 bits per heavy atom. The lowest BCUT2D eigenvalue weighted by atomic mass is 9.92. The van der Waals surface area contributed by atoms with Gasteiger partial charge in [0.15, 0.2) is 11.5 Å². The van der Waals surface area contributed by atoms with E-state index < -0.39 is 17.3 Å². The van der Waals surface area contributed by atoms with Crippen LogP contribution in [-0.4, -0.2) is 69.9 Å². The van der Waals surface area contributed by atoms with Gasteiger partial charge in [-0.15, -0.1) is 0 Å². The summed E-state index contributed by atoms with van der Waals surface area (Å²) in [6, 6.07) is 4.57. The van der Waals surface area contributed by atoms with Crippen LogP contribution in [0.4, 0.5) is 0 Å². The molecule has 0 saturated carbocycles. The first-order valence-corrected chi connectivity index (χ1v) is 10.5. The zero-order valence-electron chi connectivity index (χ0n) is 16.5. The van der Waals surface area contributed by atoms with Gasteiger partial charge in [0.1, 0.15) is 18.4 Å². The number of carbonyl (C=O) groups is 1. The first-order valence-electron chi connectivity index (χ1n) is 9.47. The molecule has 0 spiro atoms. The van der Waals surface area contributed by atoms with Crippen molar-refractivity contribution in [2.75, 3.05) is 33.9 Å². The Kier molecular flexibility index (Phi) is 6.79. The SMILES string of the molecule is COc1ccc(OCCN2CC(C)C3CCCC(C2=O)N3S(=O)[O-])cc1OC. The monoisotopic (exact) mass is 411 g/mol. The van der Waals surface area contributed by atoms with Crippen LogP contribution < -0.4 is 14.2 Å². The van der Waals surface area contributed by atoms with Crippen LogP contribution in [-0.2, 0) is 16.1 Å². The number of benzene rings is 1. The van der Waals surface area contributed by atoms with Crippen LogP contribution >= 0.6 is 0 Å². The molecule has 0 N–H and O–H groups in total. The summed E-state index contributed by atoms with van der Waals surface area (Å²) in [6.45, 7) is 3.25. The molecule has 1 amide bonds. The van der Waals surface area contributed by atoms with Crippen molar-refractivity contribution >= 4 is 17.2 Å². The van der Waals surface area contributed by atoms with Crippen LogP contribution in [0.5, 0.6) is 17.2 Å². The van der Waals surface area contributed by atoms with Gasteiger partial charge in [0.05, 0.1) is 20.8 Å². The smallest absolute Gasteiger partial charge is 0.241 e. The minimum absolute atomic E-state index is 0.0771. The largest absolute Gasteiger partial charge is 0.760 e. The molecule has 4 atom stereocenters. The maximum absolute atomic E-state index is 13.0. The standard InChI is InChI=1S/C19H28N2O6S/c1-13-12-20(19(22)16-6-4-5-15(13)21(16)28(23)24)9-10-27-14-7-8-17(25-2)18(11-14)26-3/h7-8,11,13,15-16H,4-6,9-10,12H2,1-3H3,(H,23,24)/p-1. The third kappa shape index (κ3) is 4.26. The van der Waals surface area contributed by atoms with Crippen molar-refractivity contribution in [3.8, 4) is 17.2 Å². The number of ether oxygens (including phenoxy) is 3. The Morgan fingerprint density at radius 3 is 2.64 bits per heavy atom. The molecule has 156 valence electrons. The van der Waals surface area contributed by atoms with E-state index in [9.17, 15) is 13.6 Å². The average molecular weight is 412 g/mol. The van der Waals surface area contributed by atoms with Crippen LogP contribution in [0.1, 0.15) is 26.2 Å². The Morgan fingerprint density at radius 1 is 1.21 bits per heavy atom. The van der Waals surface area contributed by atoms with Crippen molar-refractivity contribution < 1.29 is 27.8 Å². The summed E-state index contributed by atoms with van der Waals surface area (Å²) in [5, 5.41) is 0. The molecule has 0 aromatic heterocycles. The summed E-state index contributed by atoms with van der Waals surface area (Å²) in [7, 11) is 3.13. The molecule has 1 aromatic rings. The molecule has 0 aliphatic carbocycles. The van der Waals surface area contributed by atoms with Crippen LogP contribution in [0.15, 0.2) is 18.2 Å². The Bertz CT molecular complexity index is 730. The highest BCUT2D eigenvalue weighted by molar-refractivity contribution is 7.76. The Balaban J connectivity index is 1.66. The third-order valence-electron chi connectivity index (χ3n) is 5.53. The van der Waals surface area contributed by atoms with Crippen molar-refractivity contribution in [3.63, 3.8) is 0 Å². The molecule has 2 aliphatic heterocycles.